The number of esters is 1. The van der Waals surface area contributed by atoms with Gasteiger partial charge in [0.25, 0.3) is 6.43 Å². The van der Waals surface area contributed by atoms with Crippen LogP contribution in [-0.2, 0) is 16.0 Å². The molecule has 5 heteroatoms. The number of alkyl halides is 2. The molecule has 102 valence electrons. The molecule has 0 saturated heterocycles. The van der Waals surface area contributed by atoms with Gasteiger partial charge in [0, 0.05) is 12.0 Å². The standard InChI is InChI=1S/C14H14F2O3/c1-2-7-19-13(18)14(12(15)16)8-9-5-3-4-6-10(9)11(14)17/h3-6,12H,2,7-8H2,1H3. The Balaban J connectivity index is 2.39. The summed E-state index contributed by atoms with van der Waals surface area (Å²) in [6.07, 6.45) is -2.84. The molecule has 0 saturated carbocycles. The maximum Gasteiger partial charge on any atom is 0.326 e. The molecule has 1 aliphatic carbocycles. The molecule has 0 fully saturated rings. The van der Waals surface area contributed by atoms with Crippen LogP contribution >= 0.6 is 0 Å². The third-order valence-electron chi connectivity index (χ3n) is 3.31. The second-order valence-electron chi connectivity index (χ2n) is 4.57. The predicted molar refractivity (Wildman–Crippen MR) is 64.2 cm³/mol. The summed E-state index contributed by atoms with van der Waals surface area (Å²) in [5, 5.41) is 0. The highest BCUT2D eigenvalue weighted by molar-refractivity contribution is 6.16. The molecule has 1 atom stereocenters. The van der Waals surface area contributed by atoms with Crippen LogP contribution in [0, 0.1) is 5.41 Å². The van der Waals surface area contributed by atoms with E-state index in [0.29, 0.717) is 12.0 Å². The summed E-state index contributed by atoms with van der Waals surface area (Å²) in [6.45, 7) is 1.80. The van der Waals surface area contributed by atoms with Crippen molar-refractivity contribution in [3.05, 3.63) is 35.4 Å². The molecular formula is C14H14F2O3. The lowest BCUT2D eigenvalue weighted by Gasteiger charge is -2.23. The molecule has 0 aliphatic heterocycles. The zero-order valence-electron chi connectivity index (χ0n) is 10.5. The van der Waals surface area contributed by atoms with Crippen LogP contribution in [0.1, 0.15) is 29.3 Å². The monoisotopic (exact) mass is 268 g/mol. The van der Waals surface area contributed by atoms with E-state index in [4.69, 9.17) is 4.74 Å². The van der Waals surface area contributed by atoms with Crippen molar-refractivity contribution in [2.45, 2.75) is 26.2 Å². The number of halogens is 2. The summed E-state index contributed by atoms with van der Waals surface area (Å²) in [7, 11) is 0. The van der Waals surface area contributed by atoms with Gasteiger partial charge in [0.15, 0.2) is 11.2 Å². The van der Waals surface area contributed by atoms with Gasteiger partial charge in [-0.1, -0.05) is 31.2 Å². The second-order valence-corrected chi connectivity index (χ2v) is 4.57. The Bertz CT molecular complexity index is 513. The molecule has 3 nitrogen and oxygen atoms in total. The number of benzene rings is 1. The number of fused-ring (bicyclic) bond motifs is 1. The Morgan fingerprint density at radius 2 is 2.11 bits per heavy atom. The van der Waals surface area contributed by atoms with Gasteiger partial charge in [-0.05, 0) is 12.0 Å². The number of carbonyl (C=O) groups excluding carboxylic acids is 2. The molecule has 0 aromatic heterocycles. The van der Waals surface area contributed by atoms with Crippen LogP contribution in [0.3, 0.4) is 0 Å². The normalized spacial score (nSPS) is 21.6. The average Bonchev–Trinajstić information content (AvgIpc) is 2.71. The maximum absolute atomic E-state index is 13.4. The average molecular weight is 268 g/mol. The smallest absolute Gasteiger partial charge is 0.326 e. The third-order valence-corrected chi connectivity index (χ3v) is 3.31. The molecule has 0 radical (unpaired) electrons. The number of ketones is 1. The molecule has 0 N–H and O–H groups in total. The van der Waals surface area contributed by atoms with Crippen molar-refractivity contribution >= 4 is 11.8 Å². The van der Waals surface area contributed by atoms with Gasteiger partial charge in [-0.2, -0.15) is 0 Å². The van der Waals surface area contributed by atoms with Crippen LogP contribution in [0.2, 0.25) is 0 Å². The maximum atomic E-state index is 13.4. The molecule has 1 aromatic rings. The molecule has 19 heavy (non-hydrogen) atoms. The zero-order valence-corrected chi connectivity index (χ0v) is 10.5. The third kappa shape index (κ3) is 2.03. The zero-order chi connectivity index (χ0) is 14.0. The quantitative estimate of drug-likeness (QED) is 0.622. The Morgan fingerprint density at radius 3 is 2.68 bits per heavy atom. The van der Waals surface area contributed by atoms with Gasteiger partial charge < -0.3 is 4.74 Å². The van der Waals surface area contributed by atoms with Gasteiger partial charge in [-0.3, -0.25) is 9.59 Å². The van der Waals surface area contributed by atoms with Crippen molar-refractivity contribution < 1.29 is 23.1 Å². The SMILES string of the molecule is CCCOC(=O)C1(C(F)F)Cc2ccccc2C1=O. The molecule has 0 spiro atoms. The van der Waals surface area contributed by atoms with Gasteiger partial charge in [-0.15, -0.1) is 0 Å². The van der Waals surface area contributed by atoms with E-state index in [2.05, 4.69) is 0 Å². The number of hydrogen-bond donors (Lipinski definition) is 0. The molecule has 2 rings (SSSR count). The molecule has 1 unspecified atom stereocenters. The van der Waals surface area contributed by atoms with Crippen molar-refractivity contribution in [1.29, 1.82) is 0 Å². The minimum atomic E-state index is -3.07. The van der Waals surface area contributed by atoms with Gasteiger partial charge in [0.1, 0.15) is 0 Å². The molecule has 0 heterocycles. The van der Waals surface area contributed by atoms with E-state index in [1.165, 1.54) is 6.07 Å². The number of Topliss-reactive ketones (excluding diaryl/α,β-unsaturated/α-hetero) is 1. The van der Waals surface area contributed by atoms with E-state index in [1.54, 1.807) is 25.1 Å². The first kappa shape index (κ1) is 13.6. The van der Waals surface area contributed by atoms with Gasteiger partial charge in [-0.25, -0.2) is 8.78 Å². The lowest BCUT2D eigenvalue weighted by atomic mass is 9.84. The topological polar surface area (TPSA) is 43.4 Å². The van der Waals surface area contributed by atoms with E-state index in [0.717, 1.165) is 0 Å². The van der Waals surface area contributed by atoms with Crippen molar-refractivity contribution in [2.24, 2.45) is 5.41 Å². The summed E-state index contributed by atoms with van der Waals surface area (Å²) < 4.78 is 31.5. The van der Waals surface area contributed by atoms with Crippen LogP contribution in [0.5, 0.6) is 0 Å². The van der Waals surface area contributed by atoms with E-state index in [9.17, 15) is 18.4 Å². The Hall–Kier alpha value is -1.78. The Kier molecular flexibility index (Phi) is 3.64. The van der Waals surface area contributed by atoms with Crippen LogP contribution in [0.15, 0.2) is 24.3 Å². The first-order chi connectivity index (χ1) is 9.04. The highest BCUT2D eigenvalue weighted by Crippen LogP contribution is 2.42. The van der Waals surface area contributed by atoms with Crippen molar-refractivity contribution in [2.75, 3.05) is 6.61 Å². The molecule has 1 aromatic carbocycles. The van der Waals surface area contributed by atoms with Gasteiger partial charge >= 0.3 is 5.97 Å². The number of carbonyl (C=O) groups is 2. The van der Waals surface area contributed by atoms with Crippen LogP contribution in [0.25, 0.3) is 0 Å². The Morgan fingerprint density at radius 1 is 1.42 bits per heavy atom. The van der Waals surface area contributed by atoms with E-state index in [1.807, 2.05) is 0 Å². The molecule has 0 bridgehead atoms. The first-order valence-electron chi connectivity index (χ1n) is 6.12. The van der Waals surface area contributed by atoms with Gasteiger partial charge in [0.2, 0.25) is 0 Å². The fourth-order valence-corrected chi connectivity index (χ4v) is 2.27. The summed E-state index contributed by atoms with van der Waals surface area (Å²) in [5.41, 5.74) is -1.70. The number of rotatable bonds is 4. The van der Waals surface area contributed by atoms with Gasteiger partial charge in [0.05, 0.1) is 6.61 Å². The number of ether oxygens (including phenoxy) is 1. The molecule has 0 amide bonds. The predicted octanol–water partition coefficient (Wildman–Crippen LogP) is 2.63. The van der Waals surface area contributed by atoms with E-state index >= 15 is 0 Å². The minimum absolute atomic E-state index is 0.0386. The summed E-state index contributed by atoms with van der Waals surface area (Å²) in [5.74, 6) is -1.95. The fourth-order valence-electron chi connectivity index (χ4n) is 2.27. The summed E-state index contributed by atoms with van der Waals surface area (Å²) in [6, 6.07) is 6.31. The second kappa shape index (κ2) is 5.07. The molecular weight excluding hydrogens is 254 g/mol. The minimum Gasteiger partial charge on any atom is -0.465 e. The van der Waals surface area contributed by atoms with Crippen molar-refractivity contribution in [1.82, 2.24) is 0 Å². The molecule has 1 aliphatic rings. The highest BCUT2D eigenvalue weighted by atomic mass is 19.3. The first-order valence-corrected chi connectivity index (χ1v) is 6.12. The highest BCUT2D eigenvalue weighted by Gasteiger charge is 2.59. The lowest BCUT2D eigenvalue weighted by molar-refractivity contribution is -0.160. The van der Waals surface area contributed by atoms with Crippen LogP contribution in [0.4, 0.5) is 8.78 Å². The van der Waals surface area contributed by atoms with E-state index in [-0.39, 0.29) is 18.6 Å². The van der Waals surface area contributed by atoms with E-state index < -0.39 is 23.6 Å². The summed E-state index contributed by atoms with van der Waals surface area (Å²) >= 11 is 0. The fraction of sp³-hybridized carbons (Fsp3) is 0.429. The van der Waals surface area contributed by atoms with Crippen molar-refractivity contribution in [3.63, 3.8) is 0 Å². The lowest BCUT2D eigenvalue weighted by Crippen LogP contribution is -2.45. The largest absolute Gasteiger partial charge is 0.465 e. The Labute approximate surface area is 109 Å². The van der Waals surface area contributed by atoms with Crippen molar-refractivity contribution in [3.8, 4) is 0 Å². The van der Waals surface area contributed by atoms with Crippen LogP contribution in [-0.4, -0.2) is 24.8 Å². The summed E-state index contributed by atoms with van der Waals surface area (Å²) in [4.78, 5) is 24.1. The van der Waals surface area contributed by atoms with Crippen LogP contribution < -0.4 is 0 Å². The number of hydrogen-bond acceptors (Lipinski definition) is 3.